The first kappa shape index (κ1) is 20.7. The summed E-state index contributed by atoms with van der Waals surface area (Å²) in [4.78, 5) is 13.7. The van der Waals surface area contributed by atoms with Crippen LogP contribution in [0.1, 0.15) is 23.2 Å². The Morgan fingerprint density at radius 3 is 2.53 bits per heavy atom. The highest BCUT2D eigenvalue weighted by Gasteiger charge is 2.14. The molecule has 0 N–H and O–H groups in total. The molecular weight excluding hydrogens is 374 g/mol. The van der Waals surface area contributed by atoms with Gasteiger partial charge in [0.2, 0.25) is 0 Å². The molecule has 3 aromatic rings. The van der Waals surface area contributed by atoms with Crippen molar-refractivity contribution in [2.75, 3.05) is 39.4 Å². The molecule has 0 amide bonds. The maximum atomic E-state index is 5.47. The third-order valence-corrected chi connectivity index (χ3v) is 5.56. The second-order valence-corrected chi connectivity index (χ2v) is 7.88. The number of aromatic nitrogens is 3. The Morgan fingerprint density at radius 1 is 0.900 bits per heavy atom. The smallest absolute Gasteiger partial charge is 0.0951 e. The van der Waals surface area contributed by atoms with E-state index in [0.29, 0.717) is 0 Å². The summed E-state index contributed by atoms with van der Waals surface area (Å²) >= 11 is 0. The molecule has 2 aromatic heterocycles. The van der Waals surface area contributed by atoms with Gasteiger partial charge in [-0.3, -0.25) is 14.8 Å². The van der Waals surface area contributed by atoms with Gasteiger partial charge in [0.05, 0.1) is 25.2 Å². The van der Waals surface area contributed by atoms with Gasteiger partial charge in [-0.25, -0.2) is 4.98 Å². The Labute approximate surface area is 179 Å². The summed E-state index contributed by atoms with van der Waals surface area (Å²) in [5.74, 6) is 0. The molecule has 1 aliphatic rings. The molecule has 0 saturated carbocycles. The minimum atomic E-state index is 0.852. The summed E-state index contributed by atoms with van der Waals surface area (Å²) in [6.07, 6.45) is 8.89. The second kappa shape index (κ2) is 11.0. The molecule has 1 aromatic carbocycles. The molecule has 0 spiro atoms. The van der Waals surface area contributed by atoms with Crippen molar-refractivity contribution >= 4 is 0 Å². The molecule has 1 saturated heterocycles. The van der Waals surface area contributed by atoms with E-state index in [4.69, 9.17) is 4.74 Å². The third kappa shape index (κ3) is 6.23. The SMILES string of the molecule is c1ccc(Cn2cncc2CN(CCCN2CCOCC2)Cc2cccnc2)cc1. The predicted molar refractivity (Wildman–Crippen MR) is 118 cm³/mol. The van der Waals surface area contributed by atoms with Crippen LogP contribution in [0, 0.1) is 0 Å². The maximum Gasteiger partial charge on any atom is 0.0951 e. The van der Waals surface area contributed by atoms with Crippen molar-refractivity contribution in [2.24, 2.45) is 0 Å². The summed E-state index contributed by atoms with van der Waals surface area (Å²) in [6, 6.07) is 14.7. The highest BCUT2D eigenvalue weighted by molar-refractivity contribution is 5.16. The molecule has 1 aliphatic heterocycles. The maximum absolute atomic E-state index is 5.47. The number of ether oxygens (including phenoxy) is 1. The minimum absolute atomic E-state index is 0.852. The molecule has 0 radical (unpaired) electrons. The van der Waals surface area contributed by atoms with E-state index in [1.54, 1.807) is 0 Å². The van der Waals surface area contributed by atoms with Crippen molar-refractivity contribution in [3.8, 4) is 0 Å². The fourth-order valence-corrected chi connectivity index (χ4v) is 3.94. The Kier molecular flexibility index (Phi) is 7.61. The molecule has 4 rings (SSSR count). The Bertz CT molecular complexity index is 862. The van der Waals surface area contributed by atoms with Crippen molar-refractivity contribution < 1.29 is 4.74 Å². The molecule has 0 bridgehead atoms. The van der Waals surface area contributed by atoms with Gasteiger partial charge in [0, 0.05) is 57.9 Å². The van der Waals surface area contributed by atoms with Crippen LogP contribution in [-0.4, -0.2) is 63.7 Å². The first-order valence-electron chi connectivity index (χ1n) is 10.8. The van der Waals surface area contributed by atoms with Crippen molar-refractivity contribution in [3.05, 3.63) is 84.2 Å². The largest absolute Gasteiger partial charge is 0.379 e. The zero-order valence-electron chi connectivity index (χ0n) is 17.6. The quantitative estimate of drug-likeness (QED) is 0.519. The first-order valence-corrected chi connectivity index (χ1v) is 10.8. The summed E-state index contributed by atoms with van der Waals surface area (Å²) in [7, 11) is 0. The molecule has 0 aliphatic carbocycles. The van der Waals surface area contributed by atoms with E-state index in [1.807, 2.05) is 31.0 Å². The minimum Gasteiger partial charge on any atom is -0.379 e. The van der Waals surface area contributed by atoms with Crippen LogP contribution in [-0.2, 0) is 24.4 Å². The van der Waals surface area contributed by atoms with E-state index in [1.165, 1.54) is 16.8 Å². The Balaban J connectivity index is 1.39. The van der Waals surface area contributed by atoms with Crippen LogP contribution in [0.4, 0.5) is 0 Å². The third-order valence-electron chi connectivity index (χ3n) is 5.56. The van der Waals surface area contributed by atoms with E-state index in [0.717, 1.165) is 65.4 Å². The number of nitrogens with zero attached hydrogens (tertiary/aromatic N) is 5. The topological polar surface area (TPSA) is 46.4 Å². The zero-order valence-corrected chi connectivity index (χ0v) is 17.6. The standard InChI is InChI=1S/C24H31N5O/c1-2-6-22(7-3-1)19-29-21-26-17-24(29)20-28(18-23-8-4-9-25-16-23)11-5-10-27-12-14-30-15-13-27/h1-4,6-9,16-17,21H,5,10-15,18-20H2. The molecule has 3 heterocycles. The Hall–Kier alpha value is -2.54. The number of morpholine rings is 1. The number of imidazole rings is 1. The summed E-state index contributed by atoms with van der Waals surface area (Å²) in [5, 5.41) is 0. The van der Waals surface area contributed by atoms with Gasteiger partial charge in [-0.2, -0.15) is 0 Å². The van der Waals surface area contributed by atoms with Crippen molar-refractivity contribution in [1.82, 2.24) is 24.3 Å². The number of hydrogen-bond acceptors (Lipinski definition) is 5. The van der Waals surface area contributed by atoms with E-state index >= 15 is 0 Å². The lowest BCUT2D eigenvalue weighted by atomic mass is 10.2. The van der Waals surface area contributed by atoms with Crippen LogP contribution >= 0.6 is 0 Å². The zero-order chi connectivity index (χ0) is 20.4. The molecule has 6 heteroatoms. The van der Waals surface area contributed by atoms with Crippen molar-refractivity contribution in [2.45, 2.75) is 26.1 Å². The molecule has 0 atom stereocenters. The van der Waals surface area contributed by atoms with Crippen LogP contribution in [0.15, 0.2) is 67.4 Å². The van der Waals surface area contributed by atoms with E-state index in [-0.39, 0.29) is 0 Å². The number of benzene rings is 1. The number of rotatable bonds is 10. The molecule has 0 unspecified atom stereocenters. The number of hydrogen-bond donors (Lipinski definition) is 0. The molecule has 158 valence electrons. The van der Waals surface area contributed by atoms with E-state index in [2.05, 4.69) is 60.7 Å². The van der Waals surface area contributed by atoms with Gasteiger partial charge in [-0.05, 0) is 30.2 Å². The monoisotopic (exact) mass is 405 g/mol. The van der Waals surface area contributed by atoms with E-state index in [9.17, 15) is 0 Å². The average Bonchev–Trinajstić information content (AvgIpc) is 3.22. The lowest BCUT2D eigenvalue weighted by molar-refractivity contribution is 0.0358. The van der Waals surface area contributed by atoms with Crippen LogP contribution in [0.3, 0.4) is 0 Å². The van der Waals surface area contributed by atoms with E-state index < -0.39 is 0 Å². The molecular formula is C24H31N5O. The normalized spacial score (nSPS) is 15.0. The van der Waals surface area contributed by atoms with Crippen molar-refractivity contribution in [1.29, 1.82) is 0 Å². The second-order valence-electron chi connectivity index (χ2n) is 7.88. The summed E-state index contributed by atoms with van der Waals surface area (Å²) in [6.45, 7) is 8.61. The van der Waals surface area contributed by atoms with Gasteiger partial charge in [-0.1, -0.05) is 36.4 Å². The fraction of sp³-hybridized carbons (Fsp3) is 0.417. The highest BCUT2D eigenvalue weighted by atomic mass is 16.5. The fourth-order valence-electron chi connectivity index (χ4n) is 3.94. The summed E-state index contributed by atoms with van der Waals surface area (Å²) in [5.41, 5.74) is 3.79. The van der Waals surface area contributed by atoms with Gasteiger partial charge < -0.3 is 9.30 Å². The van der Waals surface area contributed by atoms with Gasteiger partial charge in [-0.15, -0.1) is 0 Å². The Morgan fingerprint density at radius 2 is 1.73 bits per heavy atom. The first-order chi connectivity index (χ1) is 14.9. The summed E-state index contributed by atoms with van der Waals surface area (Å²) < 4.78 is 7.73. The highest BCUT2D eigenvalue weighted by Crippen LogP contribution is 2.13. The lowest BCUT2D eigenvalue weighted by Crippen LogP contribution is -2.38. The van der Waals surface area contributed by atoms with Crippen LogP contribution in [0.5, 0.6) is 0 Å². The van der Waals surface area contributed by atoms with Crippen LogP contribution in [0.25, 0.3) is 0 Å². The number of pyridine rings is 1. The van der Waals surface area contributed by atoms with Gasteiger partial charge in [0.15, 0.2) is 0 Å². The van der Waals surface area contributed by atoms with Crippen LogP contribution in [0.2, 0.25) is 0 Å². The molecule has 1 fully saturated rings. The molecule has 30 heavy (non-hydrogen) atoms. The predicted octanol–water partition coefficient (Wildman–Crippen LogP) is 3.05. The van der Waals surface area contributed by atoms with Crippen molar-refractivity contribution in [3.63, 3.8) is 0 Å². The average molecular weight is 406 g/mol. The van der Waals surface area contributed by atoms with Crippen LogP contribution < -0.4 is 0 Å². The van der Waals surface area contributed by atoms with Gasteiger partial charge >= 0.3 is 0 Å². The molecule has 6 nitrogen and oxygen atoms in total. The van der Waals surface area contributed by atoms with Gasteiger partial charge in [0.25, 0.3) is 0 Å². The van der Waals surface area contributed by atoms with Gasteiger partial charge in [0.1, 0.15) is 0 Å². The lowest BCUT2D eigenvalue weighted by Gasteiger charge is -2.28.